The molecule has 158 valence electrons. The molecule has 1 saturated heterocycles. The molecule has 0 aromatic heterocycles. The van der Waals surface area contributed by atoms with Crippen LogP contribution < -0.4 is 0 Å². The molecule has 0 N–H and O–H groups in total. The van der Waals surface area contributed by atoms with Crippen LogP contribution in [0.4, 0.5) is 0 Å². The third-order valence-electron chi connectivity index (χ3n) is 5.36. The minimum Gasteiger partial charge on any atom is -0.465 e. The topological polar surface area (TPSA) is 105 Å². The molecule has 0 aromatic carbocycles. The molecule has 0 radical (unpaired) electrons. The van der Waals surface area contributed by atoms with Gasteiger partial charge in [0.2, 0.25) is 0 Å². The van der Waals surface area contributed by atoms with Gasteiger partial charge in [0.1, 0.15) is 25.4 Å². The van der Waals surface area contributed by atoms with Gasteiger partial charge in [0.15, 0.2) is 0 Å². The molecular weight excluding hydrogens is 380 g/mol. The van der Waals surface area contributed by atoms with Crippen LogP contribution in [0.15, 0.2) is 37.0 Å². The van der Waals surface area contributed by atoms with Crippen molar-refractivity contribution in [3.63, 3.8) is 0 Å². The van der Waals surface area contributed by atoms with Crippen LogP contribution in [0.3, 0.4) is 0 Å². The van der Waals surface area contributed by atoms with E-state index in [4.69, 9.17) is 18.9 Å². The molecule has 2 aliphatic rings. The van der Waals surface area contributed by atoms with Crippen molar-refractivity contribution in [2.24, 2.45) is 17.3 Å². The molecule has 1 aliphatic heterocycles. The third-order valence-corrected chi connectivity index (χ3v) is 5.36. The Morgan fingerprint density at radius 3 is 2.31 bits per heavy atom. The fraction of sp³-hybridized carbons (Fsp3) is 0.524. The highest BCUT2D eigenvalue weighted by Gasteiger charge is 2.60. The Morgan fingerprint density at radius 2 is 1.79 bits per heavy atom. The zero-order valence-electron chi connectivity index (χ0n) is 16.9. The van der Waals surface area contributed by atoms with E-state index in [0.29, 0.717) is 5.57 Å². The van der Waals surface area contributed by atoms with Crippen LogP contribution in [0, 0.1) is 17.3 Å². The van der Waals surface area contributed by atoms with Crippen LogP contribution in [0.5, 0.6) is 0 Å². The summed E-state index contributed by atoms with van der Waals surface area (Å²) in [4.78, 5) is 46.7. The Kier molecular flexibility index (Phi) is 6.66. The highest BCUT2D eigenvalue weighted by atomic mass is 16.6. The first-order valence-electron chi connectivity index (χ1n) is 9.17. The zero-order chi connectivity index (χ0) is 21.9. The Labute approximate surface area is 169 Å². The minimum atomic E-state index is -0.963. The number of hydrogen-bond donors (Lipinski definition) is 0. The molecule has 0 aromatic rings. The molecule has 5 unspecified atom stereocenters. The summed E-state index contributed by atoms with van der Waals surface area (Å²) in [7, 11) is 0. The van der Waals surface area contributed by atoms with Crippen molar-refractivity contribution in [1.82, 2.24) is 0 Å². The predicted molar refractivity (Wildman–Crippen MR) is 101 cm³/mol. The van der Waals surface area contributed by atoms with Crippen molar-refractivity contribution in [3.8, 4) is 0 Å². The molecule has 8 nitrogen and oxygen atoms in total. The second-order valence-corrected chi connectivity index (χ2v) is 7.41. The first-order valence-corrected chi connectivity index (χ1v) is 9.17. The molecule has 2 rings (SSSR count). The van der Waals surface area contributed by atoms with Crippen molar-refractivity contribution < 1.29 is 38.1 Å². The van der Waals surface area contributed by atoms with Gasteiger partial charge in [0.25, 0.3) is 0 Å². The maximum absolute atomic E-state index is 12.3. The van der Waals surface area contributed by atoms with Crippen molar-refractivity contribution in [2.75, 3.05) is 13.2 Å². The first kappa shape index (κ1) is 22.4. The summed E-state index contributed by atoms with van der Waals surface area (Å²) in [5.41, 5.74) is -0.308. The van der Waals surface area contributed by atoms with E-state index in [0.717, 1.165) is 0 Å². The van der Waals surface area contributed by atoms with Gasteiger partial charge >= 0.3 is 23.9 Å². The second kappa shape index (κ2) is 8.63. The summed E-state index contributed by atoms with van der Waals surface area (Å²) in [6.45, 7) is 15.3. The number of carbonyl (C=O) groups is 4. The number of esters is 4. The number of rotatable bonds is 7. The van der Waals surface area contributed by atoms with Gasteiger partial charge in [0, 0.05) is 37.7 Å². The number of ether oxygens (including phenoxy) is 4. The van der Waals surface area contributed by atoms with Crippen LogP contribution in [0.1, 0.15) is 27.2 Å². The van der Waals surface area contributed by atoms with Crippen LogP contribution in [-0.4, -0.2) is 49.3 Å². The van der Waals surface area contributed by atoms with Gasteiger partial charge < -0.3 is 18.9 Å². The van der Waals surface area contributed by atoms with Gasteiger partial charge in [-0.3, -0.25) is 14.4 Å². The Balaban J connectivity index is 2.52. The Bertz CT molecular complexity index is 767. The fourth-order valence-corrected chi connectivity index (χ4v) is 4.18. The summed E-state index contributed by atoms with van der Waals surface area (Å²) in [5.74, 6) is -3.32. The van der Waals surface area contributed by atoms with Crippen LogP contribution >= 0.6 is 0 Å². The molecule has 0 spiro atoms. The SMILES string of the molecule is C=CC1(COC(C)=O)CC(OC(C)=O)C2C(=C)C(=O)OC2C1C(=C)COC(C)=O. The monoisotopic (exact) mass is 406 g/mol. The van der Waals surface area contributed by atoms with Gasteiger partial charge in [-0.1, -0.05) is 19.2 Å². The highest BCUT2D eigenvalue weighted by Crippen LogP contribution is 2.54. The molecule has 5 atom stereocenters. The van der Waals surface area contributed by atoms with Gasteiger partial charge in [-0.2, -0.15) is 0 Å². The zero-order valence-corrected chi connectivity index (χ0v) is 16.9. The van der Waals surface area contributed by atoms with Gasteiger partial charge in [-0.15, -0.1) is 6.58 Å². The largest absolute Gasteiger partial charge is 0.465 e. The summed E-state index contributed by atoms with van der Waals surface area (Å²) in [6.07, 6.45) is 0.262. The average molecular weight is 406 g/mol. The quantitative estimate of drug-likeness (QED) is 0.273. The van der Waals surface area contributed by atoms with Crippen molar-refractivity contribution >= 4 is 23.9 Å². The summed E-state index contributed by atoms with van der Waals surface area (Å²) >= 11 is 0. The molecule has 0 bridgehead atoms. The lowest BCUT2D eigenvalue weighted by Crippen LogP contribution is -2.54. The van der Waals surface area contributed by atoms with E-state index in [1.807, 2.05) is 0 Å². The summed E-state index contributed by atoms with van der Waals surface area (Å²) in [5, 5.41) is 0. The second-order valence-electron chi connectivity index (χ2n) is 7.41. The van der Waals surface area contributed by atoms with Gasteiger partial charge in [-0.25, -0.2) is 4.79 Å². The van der Waals surface area contributed by atoms with E-state index < -0.39 is 53.3 Å². The number of hydrogen-bond acceptors (Lipinski definition) is 8. The third kappa shape index (κ3) is 4.58. The van der Waals surface area contributed by atoms with E-state index in [1.54, 1.807) is 6.08 Å². The average Bonchev–Trinajstić information content (AvgIpc) is 2.92. The van der Waals surface area contributed by atoms with Gasteiger partial charge in [-0.05, 0) is 12.0 Å². The molecule has 29 heavy (non-hydrogen) atoms. The molecule has 1 saturated carbocycles. The molecular formula is C21H26O8. The van der Waals surface area contributed by atoms with Crippen molar-refractivity contribution in [3.05, 3.63) is 37.0 Å². The van der Waals surface area contributed by atoms with E-state index in [1.165, 1.54) is 20.8 Å². The molecule has 8 heteroatoms. The standard InChI is InChI=1S/C21H26O8/c1-7-21(10-27-14(5)23)8-16(28-15(6)24)17-12(3)20(25)29-19(17)18(21)11(2)9-26-13(4)22/h7,16-19H,1-3,8-10H2,4-6H3. The van der Waals surface area contributed by atoms with Crippen molar-refractivity contribution in [1.29, 1.82) is 0 Å². The van der Waals surface area contributed by atoms with E-state index in [2.05, 4.69) is 19.7 Å². The Hall–Kier alpha value is -2.90. The normalized spacial score (nSPS) is 30.6. The number of carbonyl (C=O) groups excluding carboxylic acids is 4. The number of fused-ring (bicyclic) bond motifs is 1. The maximum atomic E-state index is 12.3. The van der Waals surface area contributed by atoms with Gasteiger partial charge in [0.05, 0.1) is 5.92 Å². The first-order chi connectivity index (χ1) is 13.5. The highest BCUT2D eigenvalue weighted by molar-refractivity contribution is 5.91. The maximum Gasteiger partial charge on any atom is 0.334 e. The van der Waals surface area contributed by atoms with E-state index in [9.17, 15) is 19.2 Å². The lowest BCUT2D eigenvalue weighted by molar-refractivity contribution is -0.169. The van der Waals surface area contributed by atoms with Crippen molar-refractivity contribution in [2.45, 2.75) is 39.4 Å². The van der Waals surface area contributed by atoms with Crippen LogP contribution in [0.25, 0.3) is 0 Å². The lowest BCUT2D eigenvalue weighted by atomic mass is 9.58. The summed E-state index contributed by atoms with van der Waals surface area (Å²) < 4.78 is 21.4. The van der Waals surface area contributed by atoms with Crippen LogP contribution in [0.2, 0.25) is 0 Å². The lowest BCUT2D eigenvalue weighted by Gasteiger charge is -2.49. The predicted octanol–water partition coefficient (Wildman–Crippen LogP) is 1.89. The molecule has 1 aliphatic carbocycles. The molecule has 1 heterocycles. The van der Waals surface area contributed by atoms with Crippen LogP contribution in [-0.2, 0) is 38.1 Å². The minimum absolute atomic E-state index is 0.0966. The molecule has 0 amide bonds. The smallest absolute Gasteiger partial charge is 0.334 e. The fourth-order valence-electron chi connectivity index (χ4n) is 4.18. The molecule has 2 fully saturated rings. The summed E-state index contributed by atoms with van der Waals surface area (Å²) in [6, 6.07) is 0. The van der Waals surface area contributed by atoms with E-state index >= 15 is 0 Å². The Morgan fingerprint density at radius 1 is 1.17 bits per heavy atom. The van der Waals surface area contributed by atoms with E-state index in [-0.39, 0.29) is 25.2 Å².